The summed E-state index contributed by atoms with van der Waals surface area (Å²) in [4.78, 5) is 2.17. The van der Waals surface area contributed by atoms with Crippen LogP contribution in [-0.2, 0) is 4.74 Å². The van der Waals surface area contributed by atoms with Gasteiger partial charge in [-0.2, -0.15) is 0 Å². The molecule has 5 heteroatoms. The molecular formula is C18H30NO3P. The van der Waals surface area contributed by atoms with Crippen molar-refractivity contribution in [2.24, 2.45) is 0 Å². The summed E-state index contributed by atoms with van der Waals surface area (Å²) in [5.41, 5.74) is 0.619. The predicted octanol–water partition coefficient (Wildman–Crippen LogP) is 3.60. The Hall–Kier alpha value is -0.670. The van der Waals surface area contributed by atoms with Gasteiger partial charge in [-0.1, -0.05) is 31.4 Å². The van der Waals surface area contributed by atoms with Crippen molar-refractivity contribution >= 4 is 8.81 Å². The van der Waals surface area contributed by atoms with Gasteiger partial charge in [-0.3, -0.25) is 0 Å². The highest BCUT2D eigenvalue weighted by Gasteiger charge is 2.38. The first kappa shape index (κ1) is 18.7. The number of ether oxygens (including phenoxy) is 1. The molecule has 0 aromatic heterocycles. The lowest BCUT2D eigenvalue weighted by molar-refractivity contribution is -0.0277. The van der Waals surface area contributed by atoms with E-state index in [1.54, 1.807) is 7.11 Å². The molecule has 2 rings (SSSR count). The Bertz CT molecular complexity index is 458. The van der Waals surface area contributed by atoms with Gasteiger partial charge in [-0.05, 0) is 44.6 Å². The normalized spacial score (nSPS) is 19.3. The van der Waals surface area contributed by atoms with Crippen LogP contribution in [-0.4, -0.2) is 49.7 Å². The molecule has 1 N–H and O–H groups in total. The van der Waals surface area contributed by atoms with E-state index in [1.807, 2.05) is 12.1 Å². The van der Waals surface area contributed by atoms with Gasteiger partial charge >= 0.3 is 0 Å². The molecule has 0 amide bonds. The van der Waals surface area contributed by atoms with Gasteiger partial charge in [0.25, 0.3) is 0 Å². The molecule has 1 aliphatic carbocycles. The highest BCUT2D eigenvalue weighted by atomic mass is 31.1. The molecule has 23 heavy (non-hydrogen) atoms. The molecule has 2 unspecified atom stereocenters. The molecular weight excluding hydrogens is 309 g/mol. The first-order valence-corrected chi connectivity index (χ1v) is 9.52. The second-order valence-corrected chi connectivity index (χ2v) is 7.51. The molecule has 1 aliphatic rings. The number of methoxy groups -OCH3 is 1. The molecule has 0 saturated heterocycles. The number of rotatable bonds is 8. The van der Waals surface area contributed by atoms with Gasteiger partial charge in [0, 0.05) is 19.6 Å². The second kappa shape index (κ2) is 8.98. The van der Waals surface area contributed by atoms with Crippen molar-refractivity contribution in [1.82, 2.24) is 4.90 Å². The van der Waals surface area contributed by atoms with E-state index in [0.717, 1.165) is 38.0 Å². The van der Waals surface area contributed by atoms with Crippen molar-refractivity contribution in [2.45, 2.75) is 43.6 Å². The third-order valence-electron chi connectivity index (χ3n) is 4.59. The summed E-state index contributed by atoms with van der Waals surface area (Å²) in [6.45, 7) is 0.863. The maximum absolute atomic E-state index is 11.2. The van der Waals surface area contributed by atoms with E-state index in [1.165, 1.54) is 12.0 Å². The fourth-order valence-electron chi connectivity index (χ4n) is 3.40. The van der Waals surface area contributed by atoms with Gasteiger partial charge in [0.1, 0.15) is 5.75 Å². The zero-order valence-corrected chi connectivity index (χ0v) is 15.5. The Balaban J connectivity index is 2.12. The SMILES string of the molecule is COCPOc1ccc(C(CN(C)C)C2(O)CCCCC2)cc1. The van der Waals surface area contributed by atoms with Crippen LogP contribution < -0.4 is 4.52 Å². The Morgan fingerprint density at radius 2 is 1.83 bits per heavy atom. The maximum Gasteiger partial charge on any atom is 0.123 e. The number of likely N-dealkylation sites (N-methyl/N-ethyl adjacent to an activating group) is 1. The molecule has 1 saturated carbocycles. The maximum atomic E-state index is 11.2. The molecule has 0 bridgehead atoms. The van der Waals surface area contributed by atoms with Crippen molar-refractivity contribution in [3.8, 4) is 5.75 Å². The van der Waals surface area contributed by atoms with E-state index in [-0.39, 0.29) is 5.92 Å². The van der Waals surface area contributed by atoms with Gasteiger partial charge in [0.2, 0.25) is 0 Å². The Morgan fingerprint density at radius 3 is 2.39 bits per heavy atom. The molecule has 2 atom stereocenters. The molecule has 130 valence electrons. The number of nitrogens with zero attached hydrogens (tertiary/aromatic N) is 1. The van der Waals surface area contributed by atoms with Gasteiger partial charge in [0.15, 0.2) is 0 Å². The Labute approximate surface area is 142 Å². The van der Waals surface area contributed by atoms with Gasteiger partial charge in [-0.25, -0.2) is 0 Å². The molecule has 1 aromatic carbocycles. The van der Waals surface area contributed by atoms with Crippen molar-refractivity contribution in [2.75, 3.05) is 34.1 Å². The minimum absolute atomic E-state index is 0.147. The molecule has 0 radical (unpaired) electrons. The van der Waals surface area contributed by atoms with Crippen LogP contribution >= 0.6 is 8.81 Å². The van der Waals surface area contributed by atoms with Gasteiger partial charge in [0.05, 0.1) is 20.8 Å². The van der Waals surface area contributed by atoms with Crippen molar-refractivity contribution in [1.29, 1.82) is 0 Å². The van der Waals surface area contributed by atoms with Crippen LogP contribution in [0.2, 0.25) is 0 Å². The number of benzene rings is 1. The standard InChI is InChI=1S/C18H30NO3P/c1-19(2)13-17(18(20)11-5-4-6-12-18)15-7-9-16(10-8-15)22-23-14-21-3/h7-10,17,20,23H,4-6,11-14H2,1-3H3. The number of aliphatic hydroxyl groups is 1. The Kier molecular flexibility index (Phi) is 7.29. The van der Waals surface area contributed by atoms with Crippen molar-refractivity contribution in [3.63, 3.8) is 0 Å². The van der Waals surface area contributed by atoms with E-state index in [4.69, 9.17) is 9.26 Å². The molecule has 0 aliphatic heterocycles. The van der Waals surface area contributed by atoms with Crippen LogP contribution in [0.1, 0.15) is 43.6 Å². The zero-order chi connectivity index (χ0) is 16.7. The quantitative estimate of drug-likeness (QED) is 0.580. The summed E-state index contributed by atoms with van der Waals surface area (Å²) in [6.07, 6.45) is 5.91. The lowest BCUT2D eigenvalue weighted by Gasteiger charge is -2.40. The molecule has 1 fully saturated rings. The van der Waals surface area contributed by atoms with E-state index in [2.05, 4.69) is 31.1 Å². The summed E-state index contributed by atoms with van der Waals surface area (Å²) < 4.78 is 10.7. The Morgan fingerprint density at radius 1 is 1.17 bits per heavy atom. The average Bonchev–Trinajstić information content (AvgIpc) is 2.54. The van der Waals surface area contributed by atoms with Crippen molar-refractivity contribution in [3.05, 3.63) is 29.8 Å². The molecule has 0 spiro atoms. The minimum atomic E-state index is -0.581. The first-order chi connectivity index (χ1) is 11.0. The molecule has 1 aromatic rings. The topological polar surface area (TPSA) is 41.9 Å². The summed E-state index contributed by atoms with van der Waals surface area (Å²) in [7, 11) is 6.14. The van der Waals surface area contributed by atoms with Gasteiger partial charge in [-0.15, -0.1) is 0 Å². The largest absolute Gasteiger partial charge is 0.475 e. The molecule has 4 nitrogen and oxygen atoms in total. The third kappa shape index (κ3) is 5.42. The summed E-state index contributed by atoms with van der Waals surface area (Å²) in [5, 5.41) is 11.2. The van der Waals surface area contributed by atoms with Crippen LogP contribution in [0.4, 0.5) is 0 Å². The first-order valence-electron chi connectivity index (χ1n) is 8.41. The fourth-order valence-corrected chi connectivity index (χ4v) is 3.88. The highest BCUT2D eigenvalue weighted by Crippen LogP contribution is 2.40. The van der Waals surface area contributed by atoms with Crippen LogP contribution in [0.25, 0.3) is 0 Å². The summed E-state index contributed by atoms with van der Waals surface area (Å²) in [5.74, 6) is 1.01. The van der Waals surface area contributed by atoms with Crippen LogP contribution in [0.3, 0.4) is 0 Å². The minimum Gasteiger partial charge on any atom is -0.475 e. The zero-order valence-electron chi connectivity index (χ0n) is 14.5. The van der Waals surface area contributed by atoms with Crippen LogP contribution in [0.5, 0.6) is 5.75 Å². The van der Waals surface area contributed by atoms with Crippen LogP contribution in [0.15, 0.2) is 24.3 Å². The second-order valence-electron chi connectivity index (χ2n) is 6.73. The average molecular weight is 339 g/mol. The van der Waals surface area contributed by atoms with E-state index >= 15 is 0 Å². The smallest absolute Gasteiger partial charge is 0.123 e. The third-order valence-corrected chi connectivity index (χ3v) is 5.38. The number of hydrogen-bond donors (Lipinski definition) is 1. The summed E-state index contributed by atoms with van der Waals surface area (Å²) >= 11 is 0. The predicted molar refractivity (Wildman–Crippen MR) is 96.6 cm³/mol. The lowest BCUT2D eigenvalue weighted by Crippen LogP contribution is -2.42. The van der Waals surface area contributed by atoms with Gasteiger partial charge < -0.3 is 19.3 Å². The van der Waals surface area contributed by atoms with E-state index in [0.29, 0.717) is 15.2 Å². The van der Waals surface area contributed by atoms with E-state index in [9.17, 15) is 5.11 Å². The molecule has 0 heterocycles. The lowest BCUT2D eigenvalue weighted by atomic mass is 9.72. The summed E-state index contributed by atoms with van der Waals surface area (Å²) in [6, 6.07) is 8.22. The van der Waals surface area contributed by atoms with E-state index < -0.39 is 5.60 Å². The highest BCUT2D eigenvalue weighted by molar-refractivity contribution is 7.32. The van der Waals surface area contributed by atoms with Crippen molar-refractivity contribution < 1.29 is 14.4 Å². The number of hydrogen-bond acceptors (Lipinski definition) is 4. The fraction of sp³-hybridized carbons (Fsp3) is 0.667. The van der Waals surface area contributed by atoms with Crippen LogP contribution in [0, 0.1) is 0 Å². The monoisotopic (exact) mass is 339 g/mol.